The molecule has 1 unspecified atom stereocenters. The van der Waals surface area contributed by atoms with E-state index in [1.807, 2.05) is 37.3 Å². The number of ketones is 1. The highest BCUT2D eigenvalue weighted by Crippen LogP contribution is 2.19. The molecule has 3 atom stereocenters. The molecule has 7 heteroatoms. The number of hydrogen-bond donors (Lipinski definition) is 3. The number of ether oxygens (including phenoxy) is 1. The standard InChI is InChI=1S/C17H24N2O4S/c1-12(9-15(21)16-18-7-8-24-16)14(10-20)19-17(22)23-11-13-5-3-2-4-6-13/h2-6,12,14,16,18,20H,7-11H2,1H3,(H,19,22)/t12?,14-,16+/m1/s1. The lowest BCUT2D eigenvalue weighted by atomic mass is 9.96. The second-order valence-corrected chi connectivity index (χ2v) is 7.06. The maximum atomic E-state index is 12.2. The van der Waals surface area contributed by atoms with Gasteiger partial charge in [-0.15, -0.1) is 11.8 Å². The normalized spacial score (nSPS) is 19.5. The summed E-state index contributed by atoms with van der Waals surface area (Å²) in [4.78, 5) is 24.0. The fraction of sp³-hybridized carbons (Fsp3) is 0.529. The van der Waals surface area contributed by atoms with E-state index in [1.54, 1.807) is 11.8 Å². The van der Waals surface area contributed by atoms with Gasteiger partial charge in [0.05, 0.1) is 12.6 Å². The zero-order chi connectivity index (χ0) is 17.4. The van der Waals surface area contributed by atoms with Crippen LogP contribution in [0.5, 0.6) is 0 Å². The molecule has 24 heavy (non-hydrogen) atoms. The number of hydrogen-bond acceptors (Lipinski definition) is 6. The zero-order valence-corrected chi connectivity index (χ0v) is 14.6. The maximum Gasteiger partial charge on any atom is 0.407 e. The highest BCUT2D eigenvalue weighted by Gasteiger charge is 2.27. The van der Waals surface area contributed by atoms with Crippen molar-refractivity contribution in [2.75, 3.05) is 18.9 Å². The van der Waals surface area contributed by atoms with Crippen LogP contribution in [-0.2, 0) is 16.1 Å². The molecule has 0 saturated carbocycles. The van der Waals surface area contributed by atoms with Crippen molar-refractivity contribution in [1.82, 2.24) is 10.6 Å². The van der Waals surface area contributed by atoms with Crippen LogP contribution in [0.4, 0.5) is 4.79 Å². The number of rotatable bonds is 8. The zero-order valence-electron chi connectivity index (χ0n) is 13.7. The van der Waals surface area contributed by atoms with Crippen molar-refractivity contribution in [3.05, 3.63) is 35.9 Å². The van der Waals surface area contributed by atoms with Crippen LogP contribution < -0.4 is 10.6 Å². The Morgan fingerprint density at radius 1 is 1.42 bits per heavy atom. The quantitative estimate of drug-likeness (QED) is 0.658. The predicted molar refractivity (Wildman–Crippen MR) is 93.7 cm³/mol. The molecule has 6 nitrogen and oxygen atoms in total. The lowest BCUT2D eigenvalue weighted by molar-refractivity contribution is -0.120. The van der Waals surface area contributed by atoms with Gasteiger partial charge in [-0.3, -0.25) is 10.1 Å². The van der Waals surface area contributed by atoms with Crippen molar-refractivity contribution in [3.8, 4) is 0 Å². The third-order valence-electron chi connectivity index (χ3n) is 3.93. The lowest BCUT2D eigenvalue weighted by Gasteiger charge is -2.23. The second-order valence-electron chi connectivity index (χ2n) is 5.85. The summed E-state index contributed by atoms with van der Waals surface area (Å²) in [6, 6.07) is 8.85. The number of aliphatic hydroxyl groups excluding tert-OH is 1. The molecule has 1 aliphatic rings. The van der Waals surface area contributed by atoms with E-state index in [0.29, 0.717) is 6.42 Å². The summed E-state index contributed by atoms with van der Waals surface area (Å²) in [7, 11) is 0. The van der Waals surface area contributed by atoms with Gasteiger partial charge in [-0.1, -0.05) is 37.3 Å². The van der Waals surface area contributed by atoms with Gasteiger partial charge < -0.3 is 15.2 Å². The molecule has 1 amide bonds. The molecule has 0 radical (unpaired) electrons. The Morgan fingerprint density at radius 2 is 2.17 bits per heavy atom. The van der Waals surface area contributed by atoms with E-state index in [9.17, 15) is 14.7 Å². The summed E-state index contributed by atoms with van der Waals surface area (Å²) >= 11 is 1.60. The van der Waals surface area contributed by atoms with Gasteiger partial charge >= 0.3 is 6.09 Å². The van der Waals surface area contributed by atoms with Crippen molar-refractivity contribution >= 4 is 23.6 Å². The Balaban J connectivity index is 1.77. The van der Waals surface area contributed by atoms with E-state index in [0.717, 1.165) is 17.9 Å². The predicted octanol–water partition coefficient (Wildman–Crippen LogP) is 1.53. The Bertz CT molecular complexity index is 535. The number of aliphatic hydroxyl groups is 1. The van der Waals surface area contributed by atoms with Crippen LogP contribution in [0.1, 0.15) is 18.9 Å². The molecule has 0 aliphatic carbocycles. The van der Waals surface area contributed by atoms with Crippen molar-refractivity contribution < 1.29 is 19.4 Å². The van der Waals surface area contributed by atoms with Gasteiger partial charge in [-0.25, -0.2) is 4.79 Å². The first-order valence-corrected chi connectivity index (χ1v) is 9.10. The van der Waals surface area contributed by atoms with Gasteiger partial charge in [0.15, 0.2) is 5.78 Å². The third kappa shape index (κ3) is 5.81. The van der Waals surface area contributed by atoms with Crippen LogP contribution >= 0.6 is 11.8 Å². The molecule has 2 rings (SSSR count). The summed E-state index contributed by atoms with van der Waals surface area (Å²) in [5.41, 5.74) is 0.890. The fourth-order valence-corrected chi connectivity index (χ4v) is 3.47. The van der Waals surface area contributed by atoms with Crippen molar-refractivity contribution in [2.45, 2.75) is 31.4 Å². The van der Waals surface area contributed by atoms with E-state index < -0.39 is 12.1 Å². The van der Waals surface area contributed by atoms with Gasteiger partial charge in [0.1, 0.15) is 12.0 Å². The van der Waals surface area contributed by atoms with Crippen LogP contribution in [0.15, 0.2) is 30.3 Å². The summed E-state index contributed by atoms with van der Waals surface area (Å²) in [6.07, 6.45) is -0.292. The van der Waals surface area contributed by atoms with E-state index in [2.05, 4.69) is 10.6 Å². The van der Waals surface area contributed by atoms with Gasteiger partial charge in [-0.2, -0.15) is 0 Å². The molecule has 0 bridgehead atoms. The molecule has 0 spiro atoms. The molecule has 1 saturated heterocycles. The average molecular weight is 352 g/mol. The van der Waals surface area contributed by atoms with E-state index >= 15 is 0 Å². The monoisotopic (exact) mass is 352 g/mol. The number of carbonyl (C=O) groups excluding carboxylic acids is 2. The van der Waals surface area contributed by atoms with Crippen LogP contribution in [0.25, 0.3) is 0 Å². The Labute approximate surface area is 146 Å². The number of amides is 1. The first kappa shape index (κ1) is 18.8. The van der Waals surface area contributed by atoms with E-state index in [1.165, 1.54) is 0 Å². The first-order chi connectivity index (χ1) is 11.6. The van der Waals surface area contributed by atoms with Gasteiger partial charge in [0.2, 0.25) is 0 Å². The summed E-state index contributed by atoms with van der Waals surface area (Å²) in [5, 5.41) is 15.1. The topological polar surface area (TPSA) is 87.7 Å². The molecular formula is C17H24N2O4S. The maximum absolute atomic E-state index is 12.2. The number of benzene rings is 1. The largest absolute Gasteiger partial charge is 0.445 e. The molecule has 3 N–H and O–H groups in total. The molecule has 1 aromatic rings. The highest BCUT2D eigenvalue weighted by atomic mass is 32.2. The SMILES string of the molecule is CC(CC(=O)[C@H]1NCCS1)[C@@H](CO)NC(=O)OCc1ccccc1. The minimum Gasteiger partial charge on any atom is -0.445 e. The van der Waals surface area contributed by atoms with E-state index in [-0.39, 0.29) is 30.3 Å². The molecule has 0 aromatic heterocycles. The Morgan fingerprint density at radius 3 is 2.79 bits per heavy atom. The number of carbonyl (C=O) groups is 2. The smallest absolute Gasteiger partial charge is 0.407 e. The van der Waals surface area contributed by atoms with Gasteiger partial charge in [0.25, 0.3) is 0 Å². The Hall–Kier alpha value is -1.57. The molecule has 1 fully saturated rings. The van der Waals surface area contributed by atoms with Crippen molar-refractivity contribution in [2.24, 2.45) is 5.92 Å². The molecule has 1 heterocycles. The van der Waals surface area contributed by atoms with Crippen LogP contribution in [-0.4, -0.2) is 47.3 Å². The number of alkyl carbamates (subject to hydrolysis) is 1. The number of Topliss-reactive ketones (excluding diaryl/α,β-unsaturated/α-hetero) is 1. The van der Waals surface area contributed by atoms with Gasteiger partial charge in [0, 0.05) is 18.7 Å². The lowest BCUT2D eigenvalue weighted by Crippen LogP contribution is -2.44. The van der Waals surface area contributed by atoms with E-state index in [4.69, 9.17) is 4.74 Å². The average Bonchev–Trinajstić information content (AvgIpc) is 3.13. The Kier molecular flexibility index (Phi) is 7.55. The van der Waals surface area contributed by atoms with Crippen molar-refractivity contribution in [1.29, 1.82) is 0 Å². The minimum atomic E-state index is -0.592. The van der Waals surface area contributed by atoms with Crippen LogP contribution in [0, 0.1) is 5.92 Å². The molecule has 1 aliphatic heterocycles. The fourth-order valence-electron chi connectivity index (χ4n) is 2.48. The summed E-state index contributed by atoms with van der Waals surface area (Å²) in [5.74, 6) is 0.857. The van der Waals surface area contributed by atoms with Crippen LogP contribution in [0.2, 0.25) is 0 Å². The summed E-state index contributed by atoms with van der Waals surface area (Å²) in [6.45, 7) is 2.61. The second kappa shape index (κ2) is 9.66. The highest BCUT2D eigenvalue weighted by molar-refractivity contribution is 8.00. The summed E-state index contributed by atoms with van der Waals surface area (Å²) < 4.78 is 5.15. The van der Waals surface area contributed by atoms with Crippen LogP contribution in [0.3, 0.4) is 0 Å². The molecular weight excluding hydrogens is 328 g/mol. The first-order valence-electron chi connectivity index (χ1n) is 8.06. The van der Waals surface area contributed by atoms with Crippen molar-refractivity contribution in [3.63, 3.8) is 0 Å². The molecule has 1 aromatic carbocycles. The number of nitrogens with one attached hydrogen (secondary N) is 2. The minimum absolute atomic E-state index is 0.0999. The van der Waals surface area contributed by atoms with Gasteiger partial charge in [-0.05, 0) is 11.5 Å². The third-order valence-corrected chi connectivity index (χ3v) is 5.13. The number of thioether (sulfide) groups is 1. The molecule has 132 valence electrons.